The van der Waals surface area contributed by atoms with Crippen LogP contribution in [0.4, 0.5) is 0 Å². The van der Waals surface area contributed by atoms with Crippen molar-refractivity contribution in [1.29, 1.82) is 0 Å². The number of carbonyl (C=O) groups excluding carboxylic acids is 1. The van der Waals surface area contributed by atoms with E-state index in [-0.39, 0.29) is 0 Å². The second-order valence-electron chi connectivity index (χ2n) is 4.62. The molecule has 0 aliphatic carbocycles. The molecule has 0 fully saturated rings. The quantitative estimate of drug-likeness (QED) is 0.678. The standard InChI is InChI=1S/C17H15N3O2/c1-2-22-16-11-7-6-10-15(16)20-17(14(12-21)18-19-20)13-8-4-3-5-9-13/h3-12H,2H2,1H3. The number of ether oxygens (including phenoxy) is 1. The fraction of sp³-hybridized carbons (Fsp3) is 0.118. The predicted octanol–water partition coefficient (Wildman–Crippen LogP) is 3.15. The van der Waals surface area contributed by atoms with Crippen LogP contribution in [-0.2, 0) is 0 Å². The van der Waals surface area contributed by atoms with Gasteiger partial charge >= 0.3 is 0 Å². The van der Waals surface area contributed by atoms with Crippen LogP contribution in [0, 0.1) is 0 Å². The molecule has 0 amide bonds. The second-order valence-corrected chi connectivity index (χ2v) is 4.62. The summed E-state index contributed by atoms with van der Waals surface area (Å²) in [6.45, 7) is 2.47. The van der Waals surface area contributed by atoms with E-state index >= 15 is 0 Å². The number of nitrogens with zero attached hydrogens (tertiary/aromatic N) is 3. The molecule has 0 spiro atoms. The number of hydrogen-bond donors (Lipinski definition) is 0. The first-order valence-electron chi connectivity index (χ1n) is 7.03. The maximum Gasteiger partial charge on any atom is 0.172 e. The molecule has 0 saturated heterocycles. The molecule has 110 valence electrons. The smallest absolute Gasteiger partial charge is 0.172 e. The van der Waals surface area contributed by atoms with Crippen molar-refractivity contribution in [3.8, 4) is 22.7 Å². The predicted molar refractivity (Wildman–Crippen MR) is 83.4 cm³/mol. The van der Waals surface area contributed by atoms with Crippen molar-refractivity contribution in [3.05, 3.63) is 60.3 Å². The van der Waals surface area contributed by atoms with Gasteiger partial charge in [0.2, 0.25) is 0 Å². The summed E-state index contributed by atoms with van der Waals surface area (Å²) in [7, 11) is 0. The van der Waals surface area contributed by atoms with Gasteiger partial charge in [-0.2, -0.15) is 0 Å². The fourth-order valence-corrected chi connectivity index (χ4v) is 2.32. The minimum absolute atomic E-state index is 0.303. The minimum Gasteiger partial charge on any atom is -0.492 e. The highest BCUT2D eigenvalue weighted by Crippen LogP contribution is 2.29. The van der Waals surface area contributed by atoms with Gasteiger partial charge in [0.05, 0.1) is 6.61 Å². The molecule has 3 aromatic rings. The van der Waals surface area contributed by atoms with E-state index in [1.165, 1.54) is 0 Å². The van der Waals surface area contributed by atoms with Crippen LogP contribution in [0.15, 0.2) is 54.6 Å². The molecule has 0 bridgehead atoms. The van der Waals surface area contributed by atoms with Gasteiger partial charge in [0, 0.05) is 5.56 Å². The van der Waals surface area contributed by atoms with Crippen LogP contribution in [-0.4, -0.2) is 27.9 Å². The molecule has 2 aromatic carbocycles. The molecular formula is C17H15N3O2. The number of carbonyl (C=O) groups is 1. The summed E-state index contributed by atoms with van der Waals surface area (Å²) in [5.41, 5.74) is 2.59. The van der Waals surface area contributed by atoms with Crippen LogP contribution in [0.5, 0.6) is 5.75 Å². The largest absolute Gasteiger partial charge is 0.492 e. The van der Waals surface area contributed by atoms with Crippen molar-refractivity contribution >= 4 is 6.29 Å². The Bertz CT molecular complexity index is 782. The molecule has 0 saturated carbocycles. The lowest BCUT2D eigenvalue weighted by atomic mass is 10.1. The monoisotopic (exact) mass is 293 g/mol. The summed E-state index contributed by atoms with van der Waals surface area (Å²) in [5, 5.41) is 8.11. The van der Waals surface area contributed by atoms with E-state index in [4.69, 9.17) is 4.74 Å². The molecule has 22 heavy (non-hydrogen) atoms. The zero-order valence-corrected chi connectivity index (χ0v) is 12.1. The van der Waals surface area contributed by atoms with Crippen LogP contribution in [0.25, 0.3) is 16.9 Å². The third kappa shape index (κ3) is 2.48. The van der Waals surface area contributed by atoms with Crippen molar-refractivity contribution in [2.75, 3.05) is 6.61 Å². The van der Waals surface area contributed by atoms with Crippen LogP contribution in [0.2, 0.25) is 0 Å². The molecule has 3 rings (SSSR count). The zero-order chi connectivity index (χ0) is 15.4. The molecule has 0 unspecified atom stereocenters. The molecule has 0 aliphatic heterocycles. The maximum absolute atomic E-state index is 11.3. The Hall–Kier alpha value is -2.95. The molecule has 1 heterocycles. The van der Waals surface area contributed by atoms with Gasteiger partial charge in [0.1, 0.15) is 17.1 Å². The first-order chi connectivity index (χ1) is 10.8. The molecule has 5 heteroatoms. The molecule has 5 nitrogen and oxygen atoms in total. The van der Waals surface area contributed by atoms with E-state index in [2.05, 4.69) is 10.3 Å². The van der Waals surface area contributed by atoms with E-state index < -0.39 is 0 Å². The highest BCUT2D eigenvalue weighted by atomic mass is 16.5. The van der Waals surface area contributed by atoms with Crippen molar-refractivity contribution in [3.63, 3.8) is 0 Å². The van der Waals surface area contributed by atoms with Gasteiger partial charge in [-0.15, -0.1) is 5.10 Å². The SMILES string of the molecule is CCOc1ccccc1-n1nnc(C=O)c1-c1ccccc1. The lowest BCUT2D eigenvalue weighted by molar-refractivity contribution is 0.111. The van der Waals surface area contributed by atoms with Crippen LogP contribution < -0.4 is 4.74 Å². The summed E-state index contributed by atoms with van der Waals surface area (Å²) >= 11 is 0. The summed E-state index contributed by atoms with van der Waals surface area (Å²) in [6, 6.07) is 17.1. The van der Waals surface area contributed by atoms with Gasteiger partial charge in [-0.05, 0) is 19.1 Å². The summed E-state index contributed by atoms with van der Waals surface area (Å²) in [5.74, 6) is 0.699. The average Bonchev–Trinajstić information content (AvgIpc) is 3.00. The third-order valence-corrected chi connectivity index (χ3v) is 3.25. The van der Waals surface area contributed by atoms with Gasteiger partial charge in [-0.3, -0.25) is 4.79 Å². The Morgan fingerprint density at radius 3 is 2.55 bits per heavy atom. The number of hydrogen-bond acceptors (Lipinski definition) is 4. The Morgan fingerprint density at radius 2 is 1.82 bits per heavy atom. The van der Waals surface area contributed by atoms with Crippen molar-refractivity contribution in [2.24, 2.45) is 0 Å². The van der Waals surface area contributed by atoms with Crippen LogP contribution in [0.3, 0.4) is 0 Å². The Balaban J connectivity index is 2.21. The molecule has 0 radical (unpaired) electrons. The van der Waals surface area contributed by atoms with Crippen LogP contribution in [0.1, 0.15) is 17.4 Å². The maximum atomic E-state index is 11.3. The zero-order valence-electron chi connectivity index (χ0n) is 12.1. The van der Waals surface area contributed by atoms with E-state index in [9.17, 15) is 4.79 Å². The average molecular weight is 293 g/mol. The Morgan fingerprint density at radius 1 is 1.09 bits per heavy atom. The number of aldehydes is 1. The first-order valence-corrected chi connectivity index (χ1v) is 7.03. The van der Waals surface area contributed by atoms with Gasteiger partial charge in [-0.1, -0.05) is 47.7 Å². The third-order valence-electron chi connectivity index (χ3n) is 3.25. The van der Waals surface area contributed by atoms with Crippen LogP contribution >= 0.6 is 0 Å². The number of para-hydroxylation sites is 2. The van der Waals surface area contributed by atoms with Crippen molar-refractivity contribution in [2.45, 2.75) is 6.92 Å². The van der Waals surface area contributed by atoms with Crippen molar-refractivity contribution in [1.82, 2.24) is 15.0 Å². The van der Waals surface area contributed by atoms with E-state index in [1.54, 1.807) is 4.68 Å². The van der Waals surface area contributed by atoms with Crippen molar-refractivity contribution < 1.29 is 9.53 Å². The highest BCUT2D eigenvalue weighted by Gasteiger charge is 2.17. The number of aromatic nitrogens is 3. The Labute approximate surface area is 128 Å². The molecule has 0 atom stereocenters. The van der Waals surface area contributed by atoms with Gasteiger partial charge in [-0.25, -0.2) is 4.68 Å². The topological polar surface area (TPSA) is 57.0 Å². The normalized spacial score (nSPS) is 10.4. The first kappa shape index (κ1) is 14.0. The molecule has 0 aliphatic rings. The van der Waals surface area contributed by atoms with E-state index in [1.807, 2.05) is 61.5 Å². The molecular weight excluding hydrogens is 278 g/mol. The highest BCUT2D eigenvalue weighted by molar-refractivity contribution is 5.84. The van der Waals surface area contributed by atoms with Gasteiger partial charge < -0.3 is 4.74 Å². The second kappa shape index (κ2) is 6.22. The van der Waals surface area contributed by atoms with Gasteiger partial charge in [0.25, 0.3) is 0 Å². The summed E-state index contributed by atoms with van der Waals surface area (Å²) in [6.07, 6.45) is 0.717. The number of rotatable bonds is 5. The van der Waals surface area contributed by atoms with Gasteiger partial charge in [0.15, 0.2) is 12.0 Å². The molecule has 0 N–H and O–H groups in total. The summed E-state index contributed by atoms with van der Waals surface area (Å²) in [4.78, 5) is 11.3. The lowest BCUT2D eigenvalue weighted by Crippen LogP contribution is -2.04. The summed E-state index contributed by atoms with van der Waals surface area (Å²) < 4.78 is 7.29. The van der Waals surface area contributed by atoms with E-state index in [0.29, 0.717) is 23.7 Å². The van der Waals surface area contributed by atoms with E-state index in [0.717, 1.165) is 17.5 Å². The molecule has 1 aromatic heterocycles. The lowest BCUT2D eigenvalue weighted by Gasteiger charge is -2.12. The Kier molecular flexibility index (Phi) is 3.96. The minimum atomic E-state index is 0.303. The number of benzene rings is 2. The fourth-order valence-electron chi connectivity index (χ4n) is 2.32.